The van der Waals surface area contributed by atoms with E-state index in [1.165, 1.54) is 22.3 Å². The molecule has 1 aromatic heterocycles. The Morgan fingerprint density at radius 2 is 1.81 bits per heavy atom. The van der Waals surface area contributed by atoms with Gasteiger partial charge in [-0.15, -0.1) is 0 Å². The highest BCUT2D eigenvalue weighted by Crippen LogP contribution is 2.45. The van der Waals surface area contributed by atoms with Crippen molar-refractivity contribution in [2.75, 3.05) is 0 Å². The summed E-state index contributed by atoms with van der Waals surface area (Å²) in [6.45, 7) is 0. The number of hydrogen-bond acceptors (Lipinski definition) is 1. The monoisotopic (exact) mass is 272 g/mol. The van der Waals surface area contributed by atoms with Crippen molar-refractivity contribution >= 4 is 11.6 Å². The van der Waals surface area contributed by atoms with Crippen LogP contribution in [0.4, 0.5) is 0 Å². The summed E-state index contributed by atoms with van der Waals surface area (Å²) in [6, 6.07) is 19.5. The molecule has 0 saturated heterocycles. The van der Waals surface area contributed by atoms with Crippen molar-refractivity contribution in [1.29, 1.82) is 0 Å². The van der Waals surface area contributed by atoms with E-state index in [2.05, 4.69) is 70.6 Å². The van der Waals surface area contributed by atoms with E-state index in [4.69, 9.17) is 0 Å². The number of nitrogens with one attached hydrogen (secondary N) is 1. The smallest absolute Gasteiger partial charge is 0.0924 e. The molecule has 0 spiro atoms. The van der Waals surface area contributed by atoms with Gasteiger partial charge in [-0.1, -0.05) is 54.6 Å². The first-order valence-electron chi connectivity index (χ1n) is 7.25. The van der Waals surface area contributed by atoms with Crippen LogP contribution in [0, 0.1) is 0 Å². The van der Waals surface area contributed by atoms with Gasteiger partial charge < -0.3 is 4.98 Å². The molecule has 0 saturated carbocycles. The van der Waals surface area contributed by atoms with Crippen LogP contribution in [-0.4, -0.2) is 9.97 Å². The van der Waals surface area contributed by atoms with Crippen LogP contribution in [0.15, 0.2) is 67.1 Å². The Kier molecular flexibility index (Phi) is 2.93. The molecule has 1 aliphatic rings. The Morgan fingerprint density at radius 1 is 1.00 bits per heavy atom. The molecule has 0 fully saturated rings. The predicted molar refractivity (Wildman–Crippen MR) is 85.8 cm³/mol. The number of nitrogens with zero attached hydrogens (tertiary/aromatic N) is 1. The fraction of sp³-hybridized carbons (Fsp3) is 0.105. The van der Waals surface area contributed by atoms with Crippen molar-refractivity contribution < 1.29 is 0 Å². The Labute approximate surface area is 124 Å². The average molecular weight is 272 g/mol. The molecule has 1 heterocycles. The Morgan fingerprint density at radius 3 is 2.62 bits per heavy atom. The first-order chi connectivity index (χ1) is 10.4. The second-order valence-corrected chi connectivity index (χ2v) is 5.43. The molecule has 0 bridgehead atoms. The summed E-state index contributed by atoms with van der Waals surface area (Å²) in [5.74, 6) is 0.455. The van der Waals surface area contributed by atoms with Gasteiger partial charge in [0.25, 0.3) is 0 Å². The molecule has 0 amide bonds. The molecule has 2 nitrogen and oxygen atoms in total. The summed E-state index contributed by atoms with van der Waals surface area (Å²) >= 11 is 0. The molecule has 1 atom stereocenters. The number of rotatable bonds is 2. The van der Waals surface area contributed by atoms with Crippen molar-refractivity contribution in [3.8, 4) is 0 Å². The normalized spacial score (nSPS) is 18.9. The van der Waals surface area contributed by atoms with Gasteiger partial charge in [0.15, 0.2) is 0 Å². The van der Waals surface area contributed by atoms with E-state index in [-0.39, 0.29) is 0 Å². The van der Waals surface area contributed by atoms with Crippen LogP contribution in [0.5, 0.6) is 0 Å². The first kappa shape index (κ1) is 12.2. The molecular formula is C19H16N2. The SMILES string of the molecule is C(=C1/CC(c2ccccc2)c2ccccc21)/c1cnc[nH]1. The molecule has 4 rings (SSSR count). The van der Waals surface area contributed by atoms with Crippen LogP contribution in [0.3, 0.4) is 0 Å². The summed E-state index contributed by atoms with van der Waals surface area (Å²) in [5, 5.41) is 0. The zero-order valence-electron chi connectivity index (χ0n) is 11.7. The largest absolute Gasteiger partial charge is 0.345 e. The van der Waals surface area contributed by atoms with Gasteiger partial charge >= 0.3 is 0 Å². The summed E-state index contributed by atoms with van der Waals surface area (Å²) < 4.78 is 0. The summed E-state index contributed by atoms with van der Waals surface area (Å²) in [4.78, 5) is 7.26. The van der Waals surface area contributed by atoms with Crippen LogP contribution in [0.2, 0.25) is 0 Å². The number of H-pyrrole nitrogens is 1. The third-order valence-corrected chi connectivity index (χ3v) is 4.16. The minimum absolute atomic E-state index is 0.455. The zero-order valence-corrected chi connectivity index (χ0v) is 11.7. The number of fused-ring (bicyclic) bond motifs is 1. The van der Waals surface area contributed by atoms with E-state index in [0.29, 0.717) is 5.92 Å². The topological polar surface area (TPSA) is 28.7 Å². The number of hydrogen-bond donors (Lipinski definition) is 1. The lowest BCUT2D eigenvalue weighted by Gasteiger charge is -2.11. The summed E-state index contributed by atoms with van der Waals surface area (Å²) in [6.07, 6.45) is 6.85. The third kappa shape index (κ3) is 2.19. The highest BCUT2D eigenvalue weighted by Gasteiger charge is 2.27. The molecule has 0 aliphatic heterocycles. The molecule has 1 unspecified atom stereocenters. The van der Waals surface area contributed by atoms with Gasteiger partial charge in [0, 0.05) is 5.92 Å². The molecule has 102 valence electrons. The van der Waals surface area contributed by atoms with Gasteiger partial charge in [-0.25, -0.2) is 4.98 Å². The van der Waals surface area contributed by atoms with Crippen molar-refractivity contribution in [3.63, 3.8) is 0 Å². The van der Waals surface area contributed by atoms with Crippen LogP contribution >= 0.6 is 0 Å². The molecule has 1 aliphatic carbocycles. The Bertz CT molecular complexity index is 770. The maximum absolute atomic E-state index is 4.10. The van der Waals surface area contributed by atoms with Gasteiger partial charge in [-0.3, -0.25) is 0 Å². The molecular weight excluding hydrogens is 256 g/mol. The number of aromatic amines is 1. The fourth-order valence-electron chi connectivity index (χ4n) is 3.19. The third-order valence-electron chi connectivity index (χ3n) is 4.16. The molecule has 21 heavy (non-hydrogen) atoms. The molecule has 2 aromatic carbocycles. The van der Waals surface area contributed by atoms with E-state index in [1.807, 2.05) is 6.20 Å². The standard InChI is InChI=1S/C19H16N2/c1-2-6-14(7-3-1)19-11-15(10-16-12-20-13-21-16)17-8-4-5-9-18(17)19/h1-10,12-13,19H,11H2,(H,20,21)/b15-10+. The summed E-state index contributed by atoms with van der Waals surface area (Å²) in [5.41, 5.74) is 6.62. The van der Waals surface area contributed by atoms with E-state index < -0.39 is 0 Å². The van der Waals surface area contributed by atoms with Crippen molar-refractivity contribution in [1.82, 2.24) is 9.97 Å². The maximum atomic E-state index is 4.10. The number of imidazole rings is 1. The van der Waals surface area contributed by atoms with E-state index in [9.17, 15) is 0 Å². The molecule has 2 heteroatoms. The van der Waals surface area contributed by atoms with Crippen LogP contribution in [-0.2, 0) is 0 Å². The quantitative estimate of drug-likeness (QED) is 0.731. The second kappa shape index (κ2) is 5.06. The lowest BCUT2D eigenvalue weighted by molar-refractivity contribution is 0.882. The van der Waals surface area contributed by atoms with Crippen LogP contribution < -0.4 is 0 Å². The average Bonchev–Trinajstić information content (AvgIpc) is 3.17. The maximum Gasteiger partial charge on any atom is 0.0924 e. The number of benzene rings is 2. The van der Waals surface area contributed by atoms with Gasteiger partial charge in [0.05, 0.1) is 18.2 Å². The fourth-order valence-corrected chi connectivity index (χ4v) is 3.19. The first-order valence-corrected chi connectivity index (χ1v) is 7.25. The van der Waals surface area contributed by atoms with Crippen LogP contribution in [0.1, 0.15) is 34.7 Å². The summed E-state index contributed by atoms with van der Waals surface area (Å²) in [7, 11) is 0. The molecule has 1 N–H and O–H groups in total. The Hall–Kier alpha value is -2.61. The van der Waals surface area contributed by atoms with Gasteiger partial charge in [0.2, 0.25) is 0 Å². The lowest BCUT2D eigenvalue weighted by atomic mass is 9.93. The minimum Gasteiger partial charge on any atom is -0.345 e. The van der Waals surface area contributed by atoms with E-state index in [1.54, 1.807) is 6.33 Å². The van der Waals surface area contributed by atoms with Gasteiger partial charge in [-0.2, -0.15) is 0 Å². The van der Waals surface area contributed by atoms with E-state index in [0.717, 1.165) is 12.1 Å². The van der Waals surface area contributed by atoms with Crippen molar-refractivity contribution in [2.45, 2.75) is 12.3 Å². The highest BCUT2D eigenvalue weighted by molar-refractivity contribution is 5.86. The number of allylic oxidation sites excluding steroid dienone is 1. The predicted octanol–water partition coefficient (Wildman–Crippen LogP) is 4.49. The van der Waals surface area contributed by atoms with Crippen LogP contribution in [0.25, 0.3) is 11.6 Å². The number of aromatic nitrogens is 2. The van der Waals surface area contributed by atoms with Gasteiger partial charge in [0.1, 0.15) is 0 Å². The van der Waals surface area contributed by atoms with Crippen molar-refractivity contribution in [3.05, 3.63) is 89.5 Å². The minimum atomic E-state index is 0.455. The second-order valence-electron chi connectivity index (χ2n) is 5.43. The van der Waals surface area contributed by atoms with Crippen molar-refractivity contribution in [2.24, 2.45) is 0 Å². The van der Waals surface area contributed by atoms with Gasteiger partial charge in [-0.05, 0) is 34.8 Å². The zero-order chi connectivity index (χ0) is 14.1. The molecule has 0 radical (unpaired) electrons. The highest BCUT2D eigenvalue weighted by atomic mass is 14.8. The van der Waals surface area contributed by atoms with E-state index >= 15 is 0 Å². The molecule has 3 aromatic rings. The lowest BCUT2D eigenvalue weighted by Crippen LogP contribution is -1.94. The Balaban J connectivity index is 1.81.